The fourth-order valence-corrected chi connectivity index (χ4v) is 1.58. The minimum atomic E-state index is -5.04. The number of phenolic OH excluding ortho intramolecular Hbond substituents is 1. The molecule has 0 spiro atoms. The molecule has 0 aliphatic carbocycles. The maximum absolute atomic E-state index is 12.2. The van der Waals surface area contributed by atoms with Crippen LogP contribution in [0.3, 0.4) is 0 Å². The molecule has 0 heterocycles. The number of rotatable bonds is 2. The quantitative estimate of drug-likeness (QED) is 0.820. The van der Waals surface area contributed by atoms with Crippen LogP contribution in [0.2, 0.25) is 0 Å². The van der Waals surface area contributed by atoms with E-state index >= 15 is 0 Å². The highest BCUT2D eigenvalue weighted by Crippen LogP contribution is 2.32. The molecule has 0 aromatic heterocycles. The molecular formula is C12H12F3NO4. The number of anilines is 1. The van der Waals surface area contributed by atoms with E-state index in [0.717, 1.165) is 13.2 Å². The molecule has 1 aromatic carbocycles. The van der Waals surface area contributed by atoms with E-state index in [1.54, 1.807) is 5.32 Å². The first-order valence-electron chi connectivity index (χ1n) is 5.39. The van der Waals surface area contributed by atoms with Crippen molar-refractivity contribution in [1.82, 2.24) is 0 Å². The highest BCUT2D eigenvalue weighted by molar-refractivity contribution is 5.99. The fourth-order valence-electron chi connectivity index (χ4n) is 1.58. The van der Waals surface area contributed by atoms with Crippen molar-refractivity contribution in [2.75, 3.05) is 12.4 Å². The molecule has 0 saturated carbocycles. The molecule has 0 atom stereocenters. The van der Waals surface area contributed by atoms with E-state index in [4.69, 9.17) is 0 Å². The highest BCUT2D eigenvalue weighted by atomic mass is 19.4. The zero-order chi connectivity index (χ0) is 15.7. The fraction of sp³-hybridized carbons (Fsp3) is 0.333. The molecule has 110 valence electrons. The molecule has 0 unspecified atom stereocenters. The standard InChI is InChI=1S/C12H12F3NO4/c1-5-6(2)9(10(18)20-3)8(17)4-7(5)16-11(19)12(13,14)15/h4,17H,1-3H3,(H,16,19). The Labute approximate surface area is 112 Å². The van der Waals surface area contributed by atoms with Gasteiger partial charge in [-0.15, -0.1) is 0 Å². The van der Waals surface area contributed by atoms with Gasteiger partial charge < -0.3 is 15.2 Å². The smallest absolute Gasteiger partial charge is 0.471 e. The number of esters is 1. The Morgan fingerprint density at radius 1 is 1.25 bits per heavy atom. The van der Waals surface area contributed by atoms with Crippen LogP contribution in [0.4, 0.5) is 18.9 Å². The monoisotopic (exact) mass is 291 g/mol. The average Bonchev–Trinajstić information content (AvgIpc) is 2.34. The summed E-state index contributed by atoms with van der Waals surface area (Å²) in [5.41, 5.74) is 0.0557. The number of carbonyl (C=O) groups excluding carboxylic acids is 2. The third-order valence-corrected chi connectivity index (χ3v) is 2.77. The number of benzene rings is 1. The van der Waals surface area contributed by atoms with E-state index in [1.165, 1.54) is 13.8 Å². The summed E-state index contributed by atoms with van der Waals surface area (Å²) in [5.74, 6) is -3.56. The number of nitrogens with one attached hydrogen (secondary N) is 1. The number of alkyl halides is 3. The van der Waals surface area contributed by atoms with E-state index in [9.17, 15) is 27.9 Å². The number of aromatic hydroxyl groups is 1. The topological polar surface area (TPSA) is 75.6 Å². The third-order valence-electron chi connectivity index (χ3n) is 2.77. The second-order valence-corrected chi connectivity index (χ2v) is 4.01. The van der Waals surface area contributed by atoms with E-state index < -0.39 is 23.8 Å². The van der Waals surface area contributed by atoms with Gasteiger partial charge in [0.1, 0.15) is 11.3 Å². The lowest BCUT2D eigenvalue weighted by atomic mass is 10.00. The van der Waals surface area contributed by atoms with Crippen molar-refractivity contribution in [3.63, 3.8) is 0 Å². The molecule has 0 radical (unpaired) electrons. The van der Waals surface area contributed by atoms with Crippen molar-refractivity contribution < 1.29 is 32.6 Å². The number of hydrogen-bond donors (Lipinski definition) is 2. The van der Waals surface area contributed by atoms with Gasteiger partial charge in [0, 0.05) is 11.8 Å². The van der Waals surface area contributed by atoms with Gasteiger partial charge in [-0.2, -0.15) is 13.2 Å². The Hall–Kier alpha value is -2.25. The van der Waals surface area contributed by atoms with Crippen LogP contribution in [0.25, 0.3) is 0 Å². The largest absolute Gasteiger partial charge is 0.507 e. The summed E-state index contributed by atoms with van der Waals surface area (Å²) in [6, 6.07) is 0.873. The Balaban J connectivity index is 3.27. The zero-order valence-electron chi connectivity index (χ0n) is 10.9. The first-order chi connectivity index (χ1) is 9.09. The Kier molecular flexibility index (Phi) is 4.26. The number of amides is 1. The van der Waals surface area contributed by atoms with Gasteiger partial charge in [0.2, 0.25) is 0 Å². The van der Waals surface area contributed by atoms with E-state index in [1.807, 2.05) is 0 Å². The van der Waals surface area contributed by atoms with Crippen molar-refractivity contribution >= 4 is 17.6 Å². The number of carbonyl (C=O) groups is 2. The number of hydrogen-bond acceptors (Lipinski definition) is 4. The molecule has 8 heteroatoms. The van der Waals surface area contributed by atoms with Gasteiger partial charge in [0.25, 0.3) is 0 Å². The van der Waals surface area contributed by atoms with Crippen LogP contribution in [0.1, 0.15) is 21.5 Å². The van der Waals surface area contributed by atoms with Gasteiger partial charge in [-0.1, -0.05) is 0 Å². The van der Waals surface area contributed by atoms with Crippen LogP contribution < -0.4 is 5.32 Å². The molecule has 0 saturated heterocycles. The Morgan fingerprint density at radius 3 is 2.25 bits per heavy atom. The van der Waals surface area contributed by atoms with Gasteiger partial charge >= 0.3 is 18.1 Å². The molecule has 0 fully saturated rings. The van der Waals surface area contributed by atoms with Gasteiger partial charge in [0.15, 0.2) is 0 Å². The van der Waals surface area contributed by atoms with Gasteiger partial charge in [0.05, 0.1) is 7.11 Å². The SMILES string of the molecule is COC(=O)c1c(O)cc(NC(=O)C(F)(F)F)c(C)c1C. The van der Waals surface area contributed by atoms with Crippen LogP contribution in [-0.2, 0) is 9.53 Å². The number of halogens is 3. The van der Waals surface area contributed by atoms with Crippen molar-refractivity contribution in [2.45, 2.75) is 20.0 Å². The molecule has 1 rings (SSSR count). The summed E-state index contributed by atoms with van der Waals surface area (Å²) in [4.78, 5) is 22.3. The summed E-state index contributed by atoms with van der Waals surface area (Å²) in [6.07, 6.45) is -5.04. The lowest BCUT2D eigenvalue weighted by Gasteiger charge is -2.15. The summed E-state index contributed by atoms with van der Waals surface area (Å²) in [7, 11) is 1.11. The minimum Gasteiger partial charge on any atom is -0.507 e. The Morgan fingerprint density at radius 2 is 1.80 bits per heavy atom. The van der Waals surface area contributed by atoms with Gasteiger partial charge in [-0.05, 0) is 25.0 Å². The number of methoxy groups -OCH3 is 1. The first kappa shape index (κ1) is 15.8. The third kappa shape index (κ3) is 3.01. The molecule has 1 amide bonds. The maximum Gasteiger partial charge on any atom is 0.471 e. The predicted molar refractivity (Wildman–Crippen MR) is 63.6 cm³/mol. The van der Waals surface area contributed by atoms with Crippen molar-refractivity contribution in [3.8, 4) is 5.75 Å². The van der Waals surface area contributed by atoms with E-state index in [0.29, 0.717) is 0 Å². The highest BCUT2D eigenvalue weighted by Gasteiger charge is 2.39. The molecule has 1 aromatic rings. The molecule has 2 N–H and O–H groups in total. The molecule has 5 nitrogen and oxygen atoms in total. The first-order valence-corrected chi connectivity index (χ1v) is 5.39. The van der Waals surface area contributed by atoms with Crippen molar-refractivity contribution in [3.05, 3.63) is 22.8 Å². The molecule has 20 heavy (non-hydrogen) atoms. The van der Waals surface area contributed by atoms with Crippen molar-refractivity contribution in [2.24, 2.45) is 0 Å². The zero-order valence-corrected chi connectivity index (χ0v) is 10.9. The normalized spacial score (nSPS) is 11.1. The second kappa shape index (κ2) is 5.40. The van der Waals surface area contributed by atoms with E-state index in [-0.39, 0.29) is 22.4 Å². The predicted octanol–water partition coefficient (Wildman–Crippen LogP) is 2.30. The van der Waals surface area contributed by atoms with Crippen LogP contribution in [-0.4, -0.2) is 30.3 Å². The van der Waals surface area contributed by atoms with Gasteiger partial charge in [-0.25, -0.2) is 4.79 Å². The van der Waals surface area contributed by atoms with Crippen LogP contribution in [0, 0.1) is 13.8 Å². The maximum atomic E-state index is 12.2. The molecule has 0 aliphatic heterocycles. The summed E-state index contributed by atoms with van der Waals surface area (Å²) in [6.45, 7) is 2.83. The van der Waals surface area contributed by atoms with Crippen LogP contribution in [0.15, 0.2) is 6.07 Å². The molecule has 0 aliphatic rings. The van der Waals surface area contributed by atoms with Crippen LogP contribution in [0.5, 0.6) is 5.75 Å². The average molecular weight is 291 g/mol. The lowest BCUT2D eigenvalue weighted by molar-refractivity contribution is -0.167. The second-order valence-electron chi connectivity index (χ2n) is 4.01. The van der Waals surface area contributed by atoms with Crippen molar-refractivity contribution in [1.29, 1.82) is 0 Å². The summed E-state index contributed by atoms with van der Waals surface area (Å²) < 4.78 is 41.0. The van der Waals surface area contributed by atoms with Gasteiger partial charge in [-0.3, -0.25) is 4.79 Å². The van der Waals surface area contributed by atoms with E-state index in [2.05, 4.69) is 4.74 Å². The number of phenols is 1. The number of ether oxygens (including phenoxy) is 1. The lowest BCUT2D eigenvalue weighted by Crippen LogP contribution is -2.30. The Bertz CT molecular complexity index is 567. The molecular weight excluding hydrogens is 279 g/mol. The minimum absolute atomic E-state index is 0.157. The van der Waals surface area contributed by atoms with Crippen LogP contribution >= 0.6 is 0 Å². The summed E-state index contributed by atoms with van der Waals surface area (Å²) in [5, 5.41) is 11.3. The molecule has 0 bridgehead atoms. The summed E-state index contributed by atoms with van der Waals surface area (Å²) >= 11 is 0.